The maximum absolute atomic E-state index is 12.4. The molecule has 0 bridgehead atoms. The minimum Gasteiger partial charge on any atom is -0.486 e. The maximum atomic E-state index is 12.4. The number of alkyl halides is 3. The van der Waals surface area contributed by atoms with Gasteiger partial charge in [0.1, 0.15) is 6.61 Å². The lowest BCUT2D eigenvalue weighted by molar-refractivity contribution is -0.137. The van der Waals surface area contributed by atoms with E-state index in [1.54, 1.807) is 0 Å². The van der Waals surface area contributed by atoms with Crippen molar-refractivity contribution in [2.75, 3.05) is 13.2 Å². The lowest BCUT2D eigenvalue weighted by Gasteiger charge is -2.25. The molecule has 1 heterocycles. The van der Waals surface area contributed by atoms with E-state index in [9.17, 15) is 13.2 Å². The Labute approximate surface area is 89.4 Å². The zero-order valence-corrected chi connectivity index (χ0v) is 8.12. The van der Waals surface area contributed by atoms with Gasteiger partial charge in [-0.3, -0.25) is 0 Å². The minimum absolute atomic E-state index is 0.0140. The quantitative estimate of drug-likeness (QED) is 0.805. The van der Waals surface area contributed by atoms with Crippen LogP contribution < -0.4 is 9.47 Å². The van der Waals surface area contributed by atoms with Gasteiger partial charge in [0, 0.05) is 0 Å². The highest BCUT2D eigenvalue weighted by Gasteiger charge is 2.32. The molecule has 1 N–H and O–H groups in total. The Bertz CT molecular complexity index is 389. The molecule has 0 spiro atoms. The van der Waals surface area contributed by atoms with Crippen molar-refractivity contribution < 1.29 is 27.8 Å². The first-order valence-corrected chi connectivity index (χ1v) is 4.62. The molecule has 0 aliphatic carbocycles. The molecule has 2 rings (SSSR count). The highest BCUT2D eigenvalue weighted by atomic mass is 19.4. The third-order valence-corrected chi connectivity index (χ3v) is 2.19. The van der Waals surface area contributed by atoms with E-state index < -0.39 is 17.8 Å². The van der Waals surface area contributed by atoms with Gasteiger partial charge in [-0.2, -0.15) is 13.2 Å². The van der Waals surface area contributed by atoms with E-state index in [4.69, 9.17) is 14.6 Å². The molecular weight excluding hydrogens is 225 g/mol. The van der Waals surface area contributed by atoms with Gasteiger partial charge in [0.25, 0.3) is 0 Å². The summed E-state index contributed by atoms with van der Waals surface area (Å²) in [6, 6.07) is 3.02. The highest BCUT2D eigenvalue weighted by Crippen LogP contribution is 2.38. The van der Waals surface area contributed by atoms with Gasteiger partial charge in [0.05, 0.1) is 12.2 Å². The van der Waals surface area contributed by atoms with Crippen molar-refractivity contribution in [1.82, 2.24) is 0 Å². The average molecular weight is 234 g/mol. The van der Waals surface area contributed by atoms with Gasteiger partial charge in [0.15, 0.2) is 17.6 Å². The van der Waals surface area contributed by atoms with E-state index >= 15 is 0 Å². The van der Waals surface area contributed by atoms with Crippen molar-refractivity contribution >= 4 is 0 Å². The zero-order chi connectivity index (χ0) is 11.8. The number of aliphatic hydroxyl groups is 1. The first kappa shape index (κ1) is 11.1. The fourth-order valence-corrected chi connectivity index (χ4v) is 1.38. The molecule has 0 aromatic heterocycles. The van der Waals surface area contributed by atoms with Crippen LogP contribution in [0.1, 0.15) is 5.56 Å². The number of rotatable bonds is 1. The van der Waals surface area contributed by atoms with Crippen LogP contribution in [0.15, 0.2) is 18.2 Å². The monoisotopic (exact) mass is 234 g/mol. The number of fused-ring (bicyclic) bond motifs is 1. The van der Waals surface area contributed by atoms with Crippen molar-refractivity contribution in [3.63, 3.8) is 0 Å². The van der Waals surface area contributed by atoms with E-state index in [0.29, 0.717) is 0 Å². The lowest BCUT2D eigenvalue weighted by Crippen LogP contribution is -2.32. The van der Waals surface area contributed by atoms with Gasteiger partial charge in [-0.15, -0.1) is 0 Å². The number of hydrogen-bond acceptors (Lipinski definition) is 3. The molecule has 1 unspecified atom stereocenters. The molecule has 1 aromatic carbocycles. The van der Waals surface area contributed by atoms with E-state index in [-0.39, 0.29) is 24.7 Å². The van der Waals surface area contributed by atoms with Crippen LogP contribution in [0.25, 0.3) is 0 Å². The van der Waals surface area contributed by atoms with E-state index in [1.807, 2.05) is 0 Å². The summed E-state index contributed by atoms with van der Waals surface area (Å²) in [6.45, 7) is -0.162. The van der Waals surface area contributed by atoms with Crippen molar-refractivity contribution in [3.05, 3.63) is 23.8 Å². The molecule has 0 saturated heterocycles. The van der Waals surface area contributed by atoms with E-state index in [0.717, 1.165) is 12.1 Å². The van der Waals surface area contributed by atoms with Crippen LogP contribution in [0.5, 0.6) is 11.5 Å². The van der Waals surface area contributed by atoms with E-state index in [1.165, 1.54) is 6.07 Å². The molecule has 1 aromatic rings. The number of hydrogen-bond donors (Lipinski definition) is 1. The fourth-order valence-electron chi connectivity index (χ4n) is 1.38. The van der Waals surface area contributed by atoms with Gasteiger partial charge in [-0.25, -0.2) is 0 Å². The summed E-state index contributed by atoms with van der Waals surface area (Å²) in [7, 11) is 0. The molecule has 0 fully saturated rings. The van der Waals surface area contributed by atoms with Crippen LogP contribution in [0.2, 0.25) is 0 Å². The Kier molecular flexibility index (Phi) is 2.67. The lowest BCUT2D eigenvalue weighted by atomic mass is 10.2. The molecular formula is C10H9F3O3. The van der Waals surface area contributed by atoms with Crippen LogP contribution in [-0.2, 0) is 6.18 Å². The molecule has 1 aliphatic rings. The van der Waals surface area contributed by atoms with Crippen LogP contribution in [0, 0.1) is 0 Å². The van der Waals surface area contributed by atoms with Gasteiger partial charge < -0.3 is 14.6 Å². The molecule has 88 valence electrons. The standard InChI is InChI=1S/C10H9F3O3/c11-10(12,13)6-1-2-8-9(3-6)16-7(4-14)5-15-8/h1-3,7,14H,4-5H2. The van der Waals surface area contributed by atoms with Crippen molar-refractivity contribution in [2.45, 2.75) is 12.3 Å². The minimum atomic E-state index is -4.41. The van der Waals surface area contributed by atoms with Crippen LogP contribution in [0.4, 0.5) is 13.2 Å². The third kappa shape index (κ3) is 2.06. The SMILES string of the molecule is OCC1COc2ccc(C(F)(F)F)cc2O1. The Balaban J connectivity index is 2.31. The molecule has 1 aliphatic heterocycles. The Morgan fingerprint density at radius 2 is 2.06 bits per heavy atom. The molecule has 0 saturated carbocycles. The number of halogens is 3. The summed E-state index contributed by atoms with van der Waals surface area (Å²) in [5.74, 6) is 0.276. The summed E-state index contributed by atoms with van der Waals surface area (Å²) < 4.78 is 47.5. The number of ether oxygens (including phenoxy) is 2. The highest BCUT2D eigenvalue weighted by molar-refractivity contribution is 5.44. The average Bonchev–Trinajstić information content (AvgIpc) is 2.26. The largest absolute Gasteiger partial charge is 0.486 e. The number of aliphatic hydroxyl groups excluding tert-OH is 1. The second-order valence-corrected chi connectivity index (χ2v) is 3.39. The van der Waals surface area contributed by atoms with Gasteiger partial charge in [0.2, 0.25) is 0 Å². The second kappa shape index (κ2) is 3.86. The molecule has 3 nitrogen and oxygen atoms in total. The first-order chi connectivity index (χ1) is 7.50. The predicted octanol–water partition coefficient (Wildman–Crippen LogP) is 1.84. The zero-order valence-electron chi connectivity index (χ0n) is 8.12. The van der Waals surface area contributed by atoms with Crippen molar-refractivity contribution in [1.29, 1.82) is 0 Å². The summed E-state index contributed by atoms with van der Waals surface area (Å²) >= 11 is 0. The molecule has 6 heteroatoms. The van der Waals surface area contributed by atoms with Crippen LogP contribution in [0.3, 0.4) is 0 Å². The Hall–Kier alpha value is -1.43. The topological polar surface area (TPSA) is 38.7 Å². The van der Waals surface area contributed by atoms with E-state index in [2.05, 4.69) is 0 Å². The third-order valence-electron chi connectivity index (χ3n) is 2.19. The summed E-state index contributed by atoms with van der Waals surface area (Å²) in [6.07, 6.45) is -5.03. The smallest absolute Gasteiger partial charge is 0.416 e. The normalized spacial score (nSPS) is 19.6. The first-order valence-electron chi connectivity index (χ1n) is 4.62. The van der Waals surface area contributed by atoms with Crippen molar-refractivity contribution in [2.24, 2.45) is 0 Å². The summed E-state index contributed by atoms with van der Waals surface area (Å²) in [5, 5.41) is 8.82. The molecule has 0 amide bonds. The predicted molar refractivity (Wildman–Crippen MR) is 48.4 cm³/mol. The molecule has 1 atom stereocenters. The Morgan fingerprint density at radius 3 is 2.69 bits per heavy atom. The van der Waals surface area contributed by atoms with Crippen LogP contribution in [-0.4, -0.2) is 24.4 Å². The molecule has 0 radical (unpaired) electrons. The Morgan fingerprint density at radius 1 is 1.31 bits per heavy atom. The van der Waals surface area contributed by atoms with Gasteiger partial charge in [-0.05, 0) is 18.2 Å². The molecule has 16 heavy (non-hydrogen) atoms. The summed E-state index contributed by atoms with van der Waals surface area (Å²) in [4.78, 5) is 0. The second-order valence-electron chi connectivity index (χ2n) is 3.39. The van der Waals surface area contributed by atoms with Gasteiger partial charge >= 0.3 is 6.18 Å². The van der Waals surface area contributed by atoms with Crippen molar-refractivity contribution in [3.8, 4) is 11.5 Å². The van der Waals surface area contributed by atoms with Gasteiger partial charge in [-0.1, -0.05) is 0 Å². The maximum Gasteiger partial charge on any atom is 0.416 e. The fraction of sp³-hybridized carbons (Fsp3) is 0.400. The summed E-state index contributed by atoms with van der Waals surface area (Å²) in [5.41, 5.74) is -0.798. The number of benzene rings is 1. The van der Waals surface area contributed by atoms with Crippen LogP contribution >= 0.6 is 0 Å².